The van der Waals surface area contributed by atoms with E-state index in [1.54, 1.807) is 16.2 Å². The topological polar surface area (TPSA) is 20.3 Å². The van der Waals surface area contributed by atoms with Crippen molar-refractivity contribution in [2.45, 2.75) is 19.8 Å². The van der Waals surface area contributed by atoms with E-state index in [9.17, 15) is 4.79 Å². The van der Waals surface area contributed by atoms with Gasteiger partial charge in [-0.2, -0.15) is 0 Å². The summed E-state index contributed by atoms with van der Waals surface area (Å²) in [6.45, 7) is 2.91. The first-order valence-electron chi connectivity index (χ1n) is 5.09. The molecule has 0 fully saturated rings. The molecule has 1 heterocycles. The predicted molar refractivity (Wildman–Crippen MR) is 69.1 cm³/mol. The second-order valence-corrected chi connectivity index (χ2v) is 5.35. The maximum absolute atomic E-state index is 11.9. The van der Waals surface area contributed by atoms with Crippen LogP contribution >= 0.6 is 27.3 Å². The summed E-state index contributed by atoms with van der Waals surface area (Å²) in [5.74, 6) is 0.139. The van der Waals surface area contributed by atoms with Crippen LogP contribution in [0.15, 0.2) is 12.1 Å². The Morgan fingerprint density at radius 1 is 1.53 bits per heavy atom. The molecule has 1 rings (SSSR count). The highest BCUT2D eigenvalue weighted by atomic mass is 79.9. The highest BCUT2D eigenvalue weighted by Gasteiger charge is 2.12. The van der Waals surface area contributed by atoms with E-state index in [0.29, 0.717) is 0 Å². The first kappa shape index (κ1) is 12.7. The van der Waals surface area contributed by atoms with Gasteiger partial charge in [0.1, 0.15) is 0 Å². The molecule has 1 aromatic heterocycles. The third-order valence-corrected chi connectivity index (χ3v) is 3.97. The summed E-state index contributed by atoms with van der Waals surface area (Å²) in [6, 6.07) is 3.96. The zero-order chi connectivity index (χ0) is 11.3. The van der Waals surface area contributed by atoms with Crippen LogP contribution in [0.1, 0.15) is 27.9 Å². The van der Waals surface area contributed by atoms with Crippen molar-refractivity contribution in [3.63, 3.8) is 0 Å². The van der Waals surface area contributed by atoms with Gasteiger partial charge in [-0.25, -0.2) is 0 Å². The molecule has 0 aromatic carbocycles. The first-order valence-corrected chi connectivity index (χ1v) is 7.03. The van der Waals surface area contributed by atoms with Gasteiger partial charge in [-0.3, -0.25) is 4.79 Å². The maximum Gasteiger partial charge on any atom is 0.263 e. The molecule has 2 nitrogen and oxygen atoms in total. The molecular weight excluding hydrogens is 274 g/mol. The van der Waals surface area contributed by atoms with Crippen LogP contribution in [-0.4, -0.2) is 29.7 Å². The number of rotatable bonds is 5. The van der Waals surface area contributed by atoms with Crippen LogP contribution < -0.4 is 0 Å². The lowest BCUT2D eigenvalue weighted by Gasteiger charge is -2.15. The third-order valence-electron chi connectivity index (χ3n) is 2.19. The van der Waals surface area contributed by atoms with Gasteiger partial charge in [0.05, 0.1) is 4.88 Å². The van der Waals surface area contributed by atoms with Crippen molar-refractivity contribution in [3.05, 3.63) is 21.9 Å². The number of carbonyl (C=O) groups excluding carboxylic acids is 1. The number of aryl methyl sites for hydroxylation is 1. The Hall–Kier alpha value is -0.350. The lowest BCUT2D eigenvalue weighted by molar-refractivity contribution is 0.0800. The number of halogens is 1. The fourth-order valence-electron chi connectivity index (χ4n) is 1.27. The molecule has 0 saturated heterocycles. The van der Waals surface area contributed by atoms with Crippen LogP contribution in [0, 0.1) is 0 Å². The summed E-state index contributed by atoms with van der Waals surface area (Å²) in [5, 5.41) is 0.940. The zero-order valence-corrected chi connectivity index (χ0v) is 11.5. The van der Waals surface area contributed by atoms with Gasteiger partial charge >= 0.3 is 0 Å². The molecule has 0 atom stereocenters. The number of nitrogens with zero attached hydrogens (tertiary/aromatic N) is 1. The molecule has 0 radical (unpaired) electrons. The number of amides is 1. The smallest absolute Gasteiger partial charge is 0.263 e. The van der Waals surface area contributed by atoms with Gasteiger partial charge in [0, 0.05) is 23.8 Å². The van der Waals surface area contributed by atoms with E-state index >= 15 is 0 Å². The van der Waals surface area contributed by atoms with Crippen LogP contribution in [-0.2, 0) is 6.42 Å². The van der Waals surface area contributed by atoms with Gasteiger partial charge in [0.25, 0.3) is 5.91 Å². The van der Waals surface area contributed by atoms with Crippen molar-refractivity contribution >= 4 is 33.2 Å². The zero-order valence-electron chi connectivity index (χ0n) is 9.12. The molecule has 0 aliphatic rings. The van der Waals surface area contributed by atoms with Crippen molar-refractivity contribution in [2.75, 3.05) is 18.9 Å². The number of hydrogen-bond acceptors (Lipinski definition) is 2. The summed E-state index contributed by atoms with van der Waals surface area (Å²) < 4.78 is 0. The fraction of sp³-hybridized carbons (Fsp3) is 0.545. The lowest BCUT2D eigenvalue weighted by atomic mass is 10.3. The van der Waals surface area contributed by atoms with E-state index < -0.39 is 0 Å². The number of carbonyl (C=O) groups is 1. The van der Waals surface area contributed by atoms with Gasteiger partial charge in [-0.05, 0) is 25.0 Å². The third kappa shape index (κ3) is 3.61. The molecule has 0 aliphatic heterocycles. The Bertz CT molecular complexity index is 324. The average Bonchev–Trinajstić information content (AvgIpc) is 2.73. The van der Waals surface area contributed by atoms with E-state index in [1.807, 2.05) is 19.2 Å². The van der Waals surface area contributed by atoms with Gasteiger partial charge in [-0.1, -0.05) is 22.9 Å². The molecule has 0 N–H and O–H groups in total. The Morgan fingerprint density at radius 3 is 2.80 bits per heavy atom. The molecule has 84 valence electrons. The van der Waals surface area contributed by atoms with Crippen LogP contribution in [0.2, 0.25) is 0 Å². The van der Waals surface area contributed by atoms with Crippen molar-refractivity contribution in [1.82, 2.24) is 4.90 Å². The van der Waals surface area contributed by atoms with Crippen LogP contribution in [0.3, 0.4) is 0 Å². The molecule has 1 aromatic rings. The van der Waals surface area contributed by atoms with E-state index in [1.165, 1.54) is 4.88 Å². The number of alkyl halides is 1. The number of hydrogen-bond donors (Lipinski definition) is 0. The molecule has 15 heavy (non-hydrogen) atoms. The van der Waals surface area contributed by atoms with Gasteiger partial charge in [0.15, 0.2) is 0 Å². The normalized spacial score (nSPS) is 10.3. The molecule has 1 amide bonds. The fourth-order valence-corrected chi connectivity index (χ4v) is 2.46. The van der Waals surface area contributed by atoms with Crippen molar-refractivity contribution in [2.24, 2.45) is 0 Å². The van der Waals surface area contributed by atoms with Crippen LogP contribution in [0.5, 0.6) is 0 Å². The molecule has 0 bridgehead atoms. The summed E-state index contributed by atoms with van der Waals surface area (Å²) in [7, 11) is 1.86. The second-order valence-electron chi connectivity index (χ2n) is 3.39. The Kier molecular flexibility index (Phi) is 5.32. The second kappa shape index (κ2) is 6.28. The Morgan fingerprint density at radius 2 is 2.27 bits per heavy atom. The molecular formula is C11H16BrNOS. The minimum Gasteiger partial charge on any atom is -0.341 e. The molecule has 0 unspecified atom stereocenters. The Labute approximate surface area is 103 Å². The van der Waals surface area contributed by atoms with E-state index in [4.69, 9.17) is 0 Å². The van der Waals surface area contributed by atoms with Crippen LogP contribution in [0.4, 0.5) is 0 Å². The van der Waals surface area contributed by atoms with E-state index in [0.717, 1.165) is 29.6 Å². The minimum absolute atomic E-state index is 0.139. The SMILES string of the molecule is CCc1ccc(C(=O)N(C)CCCBr)s1. The molecule has 0 aliphatic carbocycles. The summed E-state index contributed by atoms with van der Waals surface area (Å²) in [5.41, 5.74) is 0. The summed E-state index contributed by atoms with van der Waals surface area (Å²) in [6.07, 6.45) is 2.00. The monoisotopic (exact) mass is 289 g/mol. The minimum atomic E-state index is 0.139. The van der Waals surface area contributed by atoms with E-state index in [2.05, 4.69) is 22.9 Å². The average molecular weight is 290 g/mol. The highest BCUT2D eigenvalue weighted by molar-refractivity contribution is 9.09. The molecule has 0 spiro atoms. The lowest BCUT2D eigenvalue weighted by Crippen LogP contribution is -2.27. The van der Waals surface area contributed by atoms with Gasteiger partial charge in [0.2, 0.25) is 0 Å². The van der Waals surface area contributed by atoms with Crippen molar-refractivity contribution < 1.29 is 4.79 Å². The van der Waals surface area contributed by atoms with E-state index in [-0.39, 0.29) is 5.91 Å². The van der Waals surface area contributed by atoms with Crippen molar-refractivity contribution in [3.8, 4) is 0 Å². The predicted octanol–water partition coefficient (Wildman–Crippen LogP) is 3.17. The quantitative estimate of drug-likeness (QED) is 0.763. The highest BCUT2D eigenvalue weighted by Crippen LogP contribution is 2.18. The van der Waals surface area contributed by atoms with Gasteiger partial charge < -0.3 is 4.90 Å². The number of thiophene rings is 1. The summed E-state index contributed by atoms with van der Waals surface area (Å²) in [4.78, 5) is 15.8. The maximum atomic E-state index is 11.9. The Balaban J connectivity index is 2.59. The summed E-state index contributed by atoms with van der Waals surface area (Å²) >= 11 is 4.96. The van der Waals surface area contributed by atoms with Crippen molar-refractivity contribution in [1.29, 1.82) is 0 Å². The largest absolute Gasteiger partial charge is 0.341 e. The van der Waals surface area contributed by atoms with Crippen LogP contribution in [0.25, 0.3) is 0 Å². The molecule has 0 saturated carbocycles. The molecule has 4 heteroatoms. The first-order chi connectivity index (χ1) is 7.19. The van der Waals surface area contributed by atoms with Gasteiger partial charge in [-0.15, -0.1) is 11.3 Å². The standard InChI is InChI=1S/C11H16BrNOS/c1-3-9-5-6-10(15-9)11(14)13(2)8-4-7-12/h5-6H,3-4,7-8H2,1-2H3.